The second-order valence-electron chi connectivity index (χ2n) is 11.5. The van der Waals surface area contributed by atoms with Gasteiger partial charge in [0.25, 0.3) is 0 Å². The third-order valence-corrected chi connectivity index (χ3v) is 8.50. The Bertz CT molecular complexity index is 1180. The van der Waals surface area contributed by atoms with E-state index < -0.39 is 0 Å². The summed E-state index contributed by atoms with van der Waals surface area (Å²) in [5.74, 6) is 2.91. The Hall–Kier alpha value is -2.79. The van der Waals surface area contributed by atoms with Crippen LogP contribution >= 0.6 is 0 Å². The van der Waals surface area contributed by atoms with Crippen molar-refractivity contribution in [3.8, 4) is 5.75 Å². The van der Waals surface area contributed by atoms with Crippen LogP contribution < -0.4 is 4.74 Å². The lowest BCUT2D eigenvalue weighted by Gasteiger charge is -2.38. The van der Waals surface area contributed by atoms with E-state index >= 15 is 0 Å². The van der Waals surface area contributed by atoms with Gasteiger partial charge in [-0.3, -0.25) is 9.89 Å². The normalized spacial score (nSPS) is 22.0. The van der Waals surface area contributed by atoms with Crippen LogP contribution in [0.1, 0.15) is 77.8 Å². The Balaban J connectivity index is 0.00000353. The molecule has 39 heavy (non-hydrogen) atoms. The molecule has 0 spiro atoms. The lowest BCUT2D eigenvalue weighted by molar-refractivity contribution is 0.117. The molecule has 2 atom stereocenters. The number of rotatable bonds is 10. The molecule has 5 rings (SSSR count). The Morgan fingerprint density at radius 1 is 1.15 bits per heavy atom. The van der Waals surface area contributed by atoms with E-state index in [4.69, 9.17) is 14.5 Å². The van der Waals surface area contributed by atoms with Gasteiger partial charge in [-0.05, 0) is 72.8 Å². The van der Waals surface area contributed by atoms with Crippen molar-refractivity contribution in [1.29, 1.82) is 0 Å². The summed E-state index contributed by atoms with van der Waals surface area (Å²) in [6.45, 7) is 16.1. The van der Waals surface area contributed by atoms with Crippen LogP contribution in [0.2, 0.25) is 0 Å². The molecule has 1 saturated heterocycles. The van der Waals surface area contributed by atoms with E-state index in [1.54, 1.807) is 7.11 Å². The lowest BCUT2D eigenvalue weighted by atomic mass is 9.93. The van der Waals surface area contributed by atoms with Crippen molar-refractivity contribution in [2.75, 3.05) is 53.0 Å². The first-order chi connectivity index (χ1) is 18.5. The third-order valence-electron chi connectivity index (χ3n) is 8.50. The van der Waals surface area contributed by atoms with Crippen LogP contribution in [-0.4, -0.2) is 68.5 Å². The molecule has 0 amide bonds. The molecular formula is C34H49N3O2. The maximum atomic E-state index is 6.32. The molecule has 0 bridgehead atoms. The average molecular weight is 532 g/mol. The summed E-state index contributed by atoms with van der Waals surface area (Å²) < 4.78 is 11.8. The summed E-state index contributed by atoms with van der Waals surface area (Å²) in [6, 6.07) is 6.51. The van der Waals surface area contributed by atoms with Crippen molar-refractivity contribution in [2.24, 2.45) is 10.9 Å². The predicted molar refractivity (Wildman–Crippen MR) is 165 cm³/mol. The highest BCUT2D eigenvalue weighted by Crippen LogP contribution is 2.39. The Kier molecular flexibility index (Phi) is 9.76. The number of nitrogens with zero attached hydrogens (tertiary/aromatic N) is 3. The summed E-state index contributed by atoms with van der Waals surface area (Å²) >= 11 is 0. The second-order valence-corrected chi connectivity index (χ2v) is 11.5. The molecule has 1 aromatic rings. The first-order valence-corrected chi connectivity index (χ1v) is 14.6. The number of ether oxygens (including phenoxy) is 2. The van der Waals surface area contributed by atoms with Gasteiger partial charge in [0.15, 0.2) is 0 Å². The fourth-order valence-corrected chi connectivity index (χ4v) is 6.33. The van der Waals surface area contributed by atoms with Gasteiger partial charge in [0.1, 0.15) is 11.5 Å². The van der Waals surface area contributed by atoms with Crippen molar-refractivity contribution < 1.29 is 9.47 Å². The molecule has 5 heteroatoms. The maximum Gasteiger partial charge on any atom is 0.119 e. The minimum Gasteiger partial charge on any atom is -0.497 e. The van der Waals surface area contributed by atoms with Crippen molar-refractivity contribution >= 4 is 11.4 Å². The smallest absolute Gasteiger partial charge is 0.119 e. The first-order valence-electron chi connectivity index (χ1n) is 14.6. The highest BCUT2D eigenvalue weighted by molar-refractivity contribution is 6.14. The van der Waals surface area contributed by atoms with Crippen LogP contribution in [0.25, 0.3) is 5.70 Å². The fourth-order valence-electron chi connectivity index (χ4n) is 6.33. The van der Waals surface area contributed by atoms with Crippen molar-refractivity contribution in [3.05, 3.63) is 70.0 Å². The number of fused-ring (bicyclic) bond motifs is 1. The zero-order chi connectivity index (χ0) is 26.6. The summed E-state index contributed by atoms with van der Waals surface area (Å²) in [6.07, 6.45) is 11.4. The van der Waals surface area contributed by atoms with Crippen LogP contribution in [0.3, 0.4) is 0 Å². The maximum absolute atomic E-state index is 6.32. The summed E-state index contributed by atoms with van der Waals surface area (Å²) in [4.78, 5) is 10.0. The standard InChI is InChI=1S/C33H45N3O2.CH4/c1-6-8-27-20-34-33(25(27)4)26-9-7-10-29(18-26)38-22-23(2)21-35-13-15-36(16-14-35)32-17-24(3)30-12-11-28(37-5)19-31(30)32;/h10-12,17-19,23-24H,6-9,13-16,20-22H2,1-5H3;1H4. The Morgan fingerprint density at radius 2 is 1.95 bits per heavy atom. The Morgan fingerprint density at radius 3 is 2.69 bits per heavy atom. The number of hydrogen-bond acceptors (Lipinski definition) is 5. The van der Waals surface area contributed by atoms with Crippen LogP contribution in [0.5, 0.6) is 5.75 Å². The summed E-state index contributed by atoms with van der Waals surface area (Å²) in [5.41, 5.74) is 9.63. The van der Waals surface area contributed by atoms with Gasteiger partial charge in [0.05, 0.1) is 26.0 Å². The second kappa shape index (κ2) is 13.0. The molecule has 0 saturated carbocycles. The first kappa shape index (κ1) is 29.2. The van der Waals surface area contributed by atoms with Crippen LogP contribution in [0, 0.1) is 5.92 Å². The zero-order valence-corrected chi connectivity index (χ0v) is 24.1. The van der Waals surface area contributed by atoms with E-state index in [-0.39, 0.29) is 7.43 Å². The van der Waals surface area contributed by atoms with Gasteiger partial charge in [0, 0.05) is 55.8 Å². The fraction of sp³-hybridized carbons (Fsp3) is 0.559. The largest absolute Gasteiger partial charge is 0.497 e. The zero-order valence-electron chi connectivity index (χ0n) is 24.1. The van der Waals surface area contributed by atoms with Crippen molar-refractivity contribution in [1.82, 2.24) is 9.80 Å². The van der Waals surface area contributed by atoms with Gasteiger partial charge in [-0.1, -0.05) is 46.8 Å². The average Bonchev–Trinajstić information content (AvgIpc) is 3.47. The molecule has 0 N–H and O–H groups in total. The van der Waals surface area contributed by atoms with E-state index in [1.165, 1.54) is 45.7 Å². The van der Waals surface area contributed by atoms with Gasteiger partial charge >= 0.3 is 0 Å². The number of piperazine rings is 1. The van der Waals surface area contributed by atoms with Gasteiger partial charge in [-0.15, -0.1) is 0 Å². The van der Waals surface area contributed by atoms with Crippen molar-refractivity contribution in [2.45, 2.75) is 66.7 Å². The highest BCUT2D eigenvalue weighted by atomic mass is 16.5. The van der Waals surface area contributed by atoms with Crippen LogP contribution in [-0.2, 0) is 4.74 Å². The number of hydrogen-bond donors (Lipinski definition) is 0. The minimum absolute atomic E-state index is 0. The quantitative estimate of drug-likeness (QED) is 0.319. The van der Waals surface area contributed by atoms with Gasteiger partial charge < -0.3 is 14.4 Å². The lowest BCUT2D eigenvalue weighted by Crippen LogP contribution is -2.46. The molecule has 212 valence electrons. The molecule has 2 heterocycles. The van der Waals surface area contributed by atoms with Gasteiger partial charge in [-0.2, -0.15) is 0 Å². The van der Waals surface area contributed by atoms with Crippen LogP contribution in [0.4, 0.5) is 0 Å². The van der Waals surface area contributed by atoms with E-state index in [1.807, 2.05) is 0 Å². The molecule has 5 nitrogen and oxygen atoms in total. The molecule has 0 radical (unpaired) electrons. The molecule has 2 unspecified atom stereocenters. The molecule has 1 aromatic carbocycles. The number of methoxy groups -OCH3 is 1. The van der Waals surface area contributed by atoms with Crippen LogP contribution in [0.15, 0.2) is 63.9 Å². The SMILES string of the molecule is C.CCCC1=C(C)C(C2=CC(OCC(C)CN3CCN(C4=CC(C)c5ccc(OC)cc54)CC3)=CCC2)=NC1. The van der Waals surface area contributed by atoms with E-state index in [0.717, 1.165) is 76.6 Å². The topological polar surface area (TPSA) is 37.3 Å². The number of benzene rings is 1. The number of aliphatic imine (C=N–C) groups is 1. The molecule has 0 aromatic heterocycles. The number of allylic oxidation sites excluding steroid dienone is 5. The van der Waals surface area contributed by atoms with Gasteiger partial charge in [0.2, 0.25) is 0 Å². The molecule has 2 aliphatic heterocycles. The highest BCUT2D eigenvalue weighted by Gasteiger charge is 2.28. The monoisotopic (exact) mass is 531 g/mol. The van der Waals surface area contributed by atoms with Crippen molar-refractivity contribution in [3.63, 3.8) is 0 Å². The molecular weight excluding hydrogens is 482 g/mol. The summed E-state index contributed by atoms with van der Waals surface area (Å²) in [7, 11) is 1.75. The molecule has 1 fully saturated rings. The van der Waals surface area contributed by atoms with E-state index in [9.17, 15) is 0 Å². The van der Waals surface area contributed by atoms with E-state index in [0.29, 0.717) is 11.8 Å². The summed E-state index contributed by atoms with van der Waals surface area (Å²) in [5, 5.41) is 0. The molecule has 4 aliphatic rings. The molecule has 2 aliphatic carbocycles. The van der Waals surface area contributed by atoms with E-state index in [2.05, 4.69) is 73.9 Å². The Labute approximate surface area is 237 Å². The predicted octanol–water partition coefficient (Wildman–Crippen LogP) is 7.23. The van der Waals surface area contributed by atoms with Gasteiger partial charge in [-0.25, -0.2) is 0 Å². The third kappa shape index (κ3) is 6.51. The minimum atomic E-state index is 0.